The second kappa shape index (κ2) is 6.78. The number of nitrogens with one attached hydrogen (secondary N) is 1. The fourth-order valence-electron chi connectivity index (χ4n) is 2.39. The Labute approximate surface area is 129 Å². The topological polar surface area (TPSA) is 106 Å². The number of carbonyl (C=O) groups is 2. The van der Waals surface area contributed by atoms with Crippen LogP contribution in [0.25, 0.3) is 0 Å². The van der Waals surface area contributed by atoms with Gasteiger partial charge in [-0.1, -0.05) is 0 Å². The van der Waals surface area contributed by atoms with Crippen LogP contribution in [0.15, 0.2) is 0 Å². The van der Waals surface area contributed by atoms with Crippen molar-refractivity contribution in [3.8, 4) is 0 Å². The molecule has 0 aliphatic carbocycles. The molecule has 2 amide bonds. The number of ether oxygens (including phenoxy) is 3. The lowest BCUT2D eigenvalue weighted by Gasteiger charge is -2.30. The zero-order valence-electron chi connectivity index (χ0n) is 13.2. The Morgan fingerprint density at radius 3 is 2.59 bits per heavy atom. The van der Waals surface area contributed by atoms with Gasteiger partial charge in [0.15, 0.2) is 6.10 Å². The van der Waals surface area contributed by atoms with Gasteiger partial charge in [-0.05, 0) is 20.8 Å². The molecular weight excluding hydrogens is 292 g/mol. The lowest BCUT2D eigenvalue weighted by Crippen LogP contribution is -2.56. The van der Waals surface area contributed by atoms with Crippen LogP contribution >= 0.6 is 0 Å². The number of rotatable bonds is 3. The van der Waals surface area contributed by atoms with E-state index >= 15 is 0 Å². The summed E-state index contributed by atoms with van der Waals surface area (Å²) in [6, 6.07) is 0. The van der Waals surface area contributed by atoms with Crippen molar-refractivity contribution in [1.82, 2.24) is 15.2 Å². The van der Waals surface area contributed by atoms with Gasteiger partial charge in [0.05, 0.1) is 13.2 Å². The van der Waals surface area contributed by atoms with Gasteiger partial charge in [0.25, 0.3) is 0 Å². The molecule has 9 heteroatoms. The van der Waals surface area contributed by atoms with Gasteiger partial charge in [0.1, 0.15) is 11.8 Å². The Kier molecular flexibility index (Phi) is 5.22. The van der Waals surface area contributed by atoms with Crippen molar-refractivity contribution in [3.63, 3.8) is 0 Å². The summed E-state index contributed by atoms with van der Waals surface area (Å²) in [5.74, 6) is 5.51. The molecule has 0 aromatic heterocycles. The van der Waals surface area contributed by atoms with Crippen LogP contribution in [-0.2, 0) is 14.2 Å². The number of nitrogens with zero attached hydrogens (tertiary/aromatic N) is 2. The first-order valence-corrected chi connectivity index (χ1v) is 7.31. The SMILES string of the molecule is CC(C)(C)OC(=O)N1C(=O)OC(CN2CCOCC2)C1NN. The van der Waals surface area contributed by atoms with Gasteiger partial charge in [-0.2, -0.15) is 4.90 Å². The fraction of sp³-hybridized carbons (Fsp3) is 0.846. The van der Waals surface area contributed by atoms with E-state index in [-0.39, 0.29) is 0 Å². The van der Waals surface area contributed by atoms with Crippen LogP contribution in [0.1, 0.15) is 20.8 Å². The lowest BCUT2D eigenvalue weighted by atomic mass is 10.2. The summed E-state index contributed by atoms with van der Waals surface area (Å²) in [7, 11) is 0. The molecular formula is C13H24N4O5. The molecule has 0 radical (unpaired) electrons. The van der Waals surface area contributed by atoms with Gasteiger partial charge >= 0.3 is 12.2 Å². The predicted molar refractivity (Wildman–Crippen MR) is 76.7 cm³/mol. The van der Waals surface area contributed by atoms with E-state index in [1.54, 1.807) is 20.8 Å². The minimum absolute atomic E-state index is 0.475. The second-order valence-electron chi connectivity index (χ2n) is 6.30. The van der Waals surface area contributed by atoms with Gasteiger partial charge < -0.3 is 14.2 Å². The minimum Gasteiger partial charge on any atom is -0.443 e. The maximum Gasteiger partial charge on any atom is 0.421 e. The highest BCUT2D eigenvalue weighted by molar-refractivity contribution is 5.90. The van der Waals surface area contributed by atoms with E-state index in [0.717, 1.165) is 18.0 Å². The highest BCUT2D eigenvalue weighted by Gasteiger charge is 2.47. The Hall–Kier alpha value is -1.42. The molecule has 2 heterocycles. The van der Waals surface area contributed by atoms with Crippen molar-refractivity contribution >= 4 is 12.2 Å². The molecule has 3 N–H and O–H groups in total. The van der Waals surface area contributed by atoms with E-state index in [1.807, 2.05) is 0 Å². The van der Waals surface area contributed by atoms with E-state index in [2.05, 4.69) is 10.3 Å². The van der Waals surface area contributed by atoms with Crippen LogP contribution in [0.2, 0.25) is 0 Å². The molecule has 2 fully saturated rings. The smallest absolute Gasteiger partial charge is 0.421 e. The molecule has 9 nitrogen and oxygen atoms in total. The Bertz CT molecular complexity index is 419. The number of hydrogen-bond donors (Lipinski definition) is 2. The van der Waals surface area contributed by atoms with Crippen LogP contribution in [0.3, 0.4) is 0 Å². The zero-order valence-corrected chi connectivity index (χ0v) is 13.2. The molecule has 0 saturated carbocycles. The van der Waals surface area contributed by atoms with Crippen LogP contribution in [-0.4, -0.2) is 72.7 Å². The second-order valence-corrected chi connectivity index (χ2v) is 6.30. The molecule has 2 atom stereocenters. The van der Waals surface area contributed by atoms with Crippen molar-refractivity contribution in [2.75, 3.05) is 32.8 Å². The van der Waals surface area contributed by atoms with E-state index in [0.29, 0.717) is 19.8 Å². The number of hydrazine groups is 1. The quantitative estimate of drug-likeness (QED) is 0.547. The molecule has 0 spiro atoms. The lowest BCUT2D eigenvalue weighted by molar-refractivity contribution is 0.00918. The van der Waals surface area contributed by atoms with Crippen LogP contribution in [0.4, 0.5) is 9.59 Å². The zero-order chi connectivity index (χ0) is 16.3. The molecule has 2 unspecified atom stereocenters. The first kappa shape index (κ1) is 16.9. The highest BCUT2D eigenvalue weighted by Crippen LogP contribution is 2.22. The third-order valence-corrected chi connectivity index (χ3v) is 3.38. The summed E-state index contributed by atoms with van der Waals surface area (Å²) in [4.78, 5) is 27.1. The van der Waals surface area contributed by atoms with E-state index in [1.165, 1.54) is 0 Å². The molecule has 22 heavy (non-hydrogen) atoms. The minimum atomic E-state index is -0.773. The summed E-state index contributed by atoms with van der Waals surface area (Å²) in [6.07, 6.45) is -2.84. The van der Waals surface area contributed by atoms with Crippen molar-refractivity contribution < 1.29 is 23.8 Å². The molecule has 126 valence electrons. The average molecular weight is 316 g/mol. The molecule has 0 bridgehead atoms. The predicted octanol–water partition coefficient (Wildman–Crippen LogP) is -0.136. The largest absolute Gasteiger partial charge is 0.443 e. The molecule has 2 aliphatic heterocycles. The molecule has 2 aliphatic rings. The van der Waals surface area contributed by atoms with Crippen LogP contribution in [0.5, 0.6) is 0 Å². The number of cyclic esters (lactones) is 1. The van der Waals surface area contributed by atoms with Crippen LogP contribution < -0.4 is 11.3 Å². The standard InChI is InChI=1S/C13H24N4O5/c1-13(2,3)22-12(19)17-10(15-14)9(21-11(17)18)8-16-4-6-20-7-5-16/h9-10,15H,4-8,14H2,1-3H3. The maximum atomic E-state index is 12.2. The average Bonchev–Trinajstić information content (AvgIpc) is 2.73. The molecule has 0 aromatic carbocycles. The molecule has 0 aromatic rings. The Morgan fingerprint density at radius 2 is 2.05 bits per heavy atom. The van der Waals surface area contributed by atoms with E-state index in [4.69, 9.17) is 20.1 Å². The van der Waals surface area contributed by atoms with Crippen molar-refractivity contribution in [3.05, 3.63) is 0 Å². The molecule has 2 rings (SSSR count). The summed E-state index contributed by atoms with van der Waals surface area (Å²) >= 11 is 0. The van der Waals surface area contributed by atoms with Gasteiger partial charge in [0.2, 0.25) is 0 Å². The van der Waals surface area contributed by atoms with Gasteiger partial charge in [-0.15, -0.1) is 0 Å². The fourth-order valence-corrected chi connectivity index (χ4v) is 2.39. The molecule has 2 saturated heterocycles. The summed E-state index contributed by atoms with van der Waals surface area (Å²) in [6.45, 7) is 8.42. The van der Waals surface area contributed by atoms with Gasteiger partial charge in [0, 0.05) is 19.6 Å². The van der Waals surface area contributed by atoms with E-state index in [9.17, 15) is 9.59 Å². The van der Waals surface area contributed by atoms with Gasteiger partial charge in [-0.25, -0.2) is 15.0 Å². The highest BCUT2D eigenvalue weighted by atomic mass is 16.6. The third kappa shape index (κ3) is 4.07. The first-order chi connectivity index (χ1) is 10.3. The van der Waals surface area contributed by atoms with Crippen molar-refractivity contribution in [1.29, 1.82) is 0 Å². The van der Waals surface area contributed by atoms with Gasteiger partial charge in [-0.3, -0.25) is 10.7 Å². The number of carbonyl (C=O) groups excluding carboxylic acids is 2. The number of nitrogens with two attached hydrogens (primary N) is 1. The normalized spacial score (nSPS) is 26.9. The van der Waals surface area contributed by atoms with Crippen LogP contribution in [0, 0.1) is 0 Å². The summed E-state index contributed by atoms with van der Waals surface area (Å²) in [5.41, 5.74) is 1.76. The maximum absolute atomic E-state index is 12.2. The summed E-state index contributed by atoms with van der Waals surface area (Å²) in [5, 5.41) is 0. The monoisotopic (exact) mass is 316 g/mol. The third-order valence-electron chi connectivity index (χ3n) is 3.38. The van der Waals surface area contributed by atoms with E-state index < -0.39 is 30.1 Å². The number of imide groups is 1. The first-order valence-electron chi connectivity index (χ1n) is 7.31. The van der Waals surface area contributed by atoms with Crippen molar-refractivity contribution in [2.45, 2.75) is 38.6 Å². The number of hydrogen-bond acceptors (Lipinski definition) is 8. The summed E-state index contributed by atoms with van der Waals surface area (Å²) < 4.78 is 15.8. The Balaban J connectivity index is 2.02. The Morgan fingerprint density at radius 1 is 1.41 bits per heavy atom. The van der Waals surface area contributed by atoms with Crippen molar-refractivity contribution in [2.24, 2.45) is 5.84 Å². The number of morpholine rings is 1. The number of amides is 2.